The molecule has 3 aromatic carbocycles. The minimum atomic E-state index is -2.77. The number of anilines is 1. The van der Waals surface area contributed by atoms with Crippen molar-refractivity contribution < 1.29 is 60.8 Å². The van der Waals surface area contributed by atoms with Crippen LogP contribution in [0, 0.1) is 46.8 Å². The summed E-state index contributed by atoms with van der Waals surface area (Å²) in [5.74, 6) is -22.6. The van der Waals surface area contributed by atoms with Crippen LogP contribution in [0.4, 0.5) is 27.6 Å². The van der Waals surface area contributed by atoms with E-state index in [1.54, 1.807) is 18.2 Å². The Morgan fingerprint density at radius 2 is 1.38 bits per heavy atom. The van der Waals surface area contributed by atoms with Crippen LogP contribution in [-0.4, -0.2) is 69.3 Å². The van der Waals surface area contributed by atoms with Crippen LogP contribution in [0.5, 0.6) is 23.0 Å². The maximum absolute atomic E-state index is 15.3. The molecule has 3 fully saturated rings. The summed E-state index contributed by atoms with van der Waals surface area (Å²) < 4.78 is 84.2. The summed E-state index contributed by atoms with van der Waals surface area (Å²) in [6.45, 7) is -0.0514. The van der Waals surface area contributed by atoms with Gasteiger partial charge < -0.3 is 19.7 Å². The lowest BCUT2D eigenvalue weighted by Crippen LogP contribution is -2.60. The Morgan fingerprint density at radius 1 is 0.811 bits per heavy atom. The molecule has 7 rings (SSSR count). The number of phenols is 2. The van der Waals surface area contributed by atoms with E-state index in [0.29, 0.717) is 5.56 Å². The minimum absolute atomic E-state index is 0.00713. The molecule has 2 aliphatic carbocycles. The highest BCUT2D eigenvalue weighted by Gasteiger charge is 2.77. The summed E-state index contributed by atoms with van der Waals surface area (Å²) >= 11 is 14.3. The molecule has 2 aliphatic heterocycles. The predicted molar refractivity (Wildman–Crippen MR) is 176 cm³/mol. The van der Waals surface area contributed by atoms with Gasteiger partial charge in [0.25, 0.3) is 11.8 Å². The van der Waals surface area contributed by atoms with E-state index >= 15 is 8.78 Å². The number of fused-ring (bicyclic) bond motifs is 4. The van der Waals surface area contributed by atoms with Gasteiger partial charge in [-0.15, -0.1) is 23.2 Å². The van der Waals surface area contributed by atoms with Crippen LogP contribution in [0.25, 0.3) is 0 Å². The van der Waals surface area contributed by atoms with Crippen molar-refractivity contribution >= 4 is 52.5 Å². The fraction of sp³-hybridized carbons (Fsp3) is 0.333. The number of alkyl halides is 2. The number of aromatic hydroxyl groups is 2. The van der Waals surface area contributed by atoms with Gasteiger partial charge in [0.15, 0.2) is 44.5 Å². The van der Waals surface area contributed by atoms with E-state index in [0.717, 1.165) is 4.90 Å². The van der Waals surface area contributed by atoms with E-state index in [1.807, 2.05) is 0 Å². The van der Waals surface area contributed by atoms with Crippen LogP contribution in [0.3, 0.4) is 0 Å². The third kappa shape index (κ3) is 4.95. The Balaban J connectivity index is 1.39. The molecule has 17 heteroatoms. The first-order chi connectivity index (χ1) is 25.0. The van der Waals surface area contributed by atoms with Crippen LogP contribution in [-0.2, 0) is 25.6 Å². The molecule has 2 N–H and O–H groups in total. The molecule has 3 aromatic rings. The predicted octanol–water partition coefficient (Wildman–Crippen LogP) is 5.62. The van der Waals surface area contributed by atoms with Crippen molar-refractivity contribution in [2.75, 3.05) is 25.7 Å². The largest absolute Gasteiger partial charge is 0.508 e. The number of methoxy groups -OCH3 is 2. The van der Waals surface area contributed by atoms with Crippen LogP contribution in [0.1, 0.15) is 29.9 Å². The molecule has 0 radical (unpaired) electrons. The zero-order chi connectivity index (χ0) is 38.5. The Kier molecular flexibility index (Phi) is 8.68. The lowest BCUT2D eigenvalue weighted by atomic mass is 9.56. The highest BCUT2D eigenvalue weighted by molar-refractivity contribution is 6.58. The van der Waals surface area contributed by atoms with Crippen LogP contribution < -0.4 is 14.4 Å². The Labute approximate surface area is 307 Å². The number of likely N-dealkylation sites (tertiary alicyclic amines) is 1. The number of carbonyl (C=O) groups excluding carboxylic acids is 4. The van der Waals surface area contributed by atoms with Gasteiger partial charge in [-0.05, 0) is 60.6 Å². The molecule has 4 aliphatic rings. The number of hydrogen-bond acceptors (Lipinski definition) is 8. The third-order valence-corrected chi connectivity index (χ3v) is 12.1. The van der Waals surface area contributed by atoms with Crippen molar-refractivity contribution in [1.29, 1.82) is 0 Å². The van der Waals surface area contributed by atoms with E-state index in [2.05, 4.69) is 0 Å². The van der Waals surface area contributed by atoms with Crippen molar-refractivity contribution in [2.24, 2.45) is 17.8 Å². The van der Waals surface area contributed by atoms with Gasteiger partial charge in [0.1, 0.15) is 11.4 Å². The first-order valence-electron chi connectivity index (χ1n) is 16.1. The SMILES string of the molecule is COc1cc([C@H]2C3=CC[C@@H]4C(=O)N(CCc5ccc(O)cc5)C(=O)[C@@H]4[C@@H]3C[C@@]3(Cl)C(=O)N(c4c(F)c(F)c(F)c(F)c4F)C(=O)[C@@]23Cl)cc(OC)c1O. The van der Waals surface area contributed by atoms with Gasteiger partial charge in [0.05, 0.1) is 26.1 Å². The molecule has 0 unspecified atom stereocenters. The van der Waals surface area contributed by atoms with E-state index in [9.17, 15) is 42.6 Å². The first kappa shape index (κ1) is 36.5. The molecule has 0 bridgehead atoms. The second-order valence-electron chi connectivity index (χ2n) is 13.2. The maximum Gasteiger partial charge on any atom is 0.258 e. The summed E-state index contributed by atoms with van der Waals surface area (Å²) in [4.78, 5) is 52.1. The van der Waals surface area contributed by atoms with Gasteiger partial charge in [-0.3, -0.25) is 24.1 Å². The number of halogens is 7. The highest BCUT2D eigenvalue weighted by Crippen LogP contribution is 2.66. The summed E-state index contributed by atoms with van der Waals surface area (Å²) in [5.41, 5.74) is -0.977. The molecule has 53 heavy (non-hydrogen) atoms. The molecule has 278 valence electrons. The Hall–Kier alpha value is -4.89. The number of imide groups is 2. The summed E-state index contributed by atoms with van der Waals surface area (Å²) in [6, 6.07) is 8.59. The van der Waals surface area contributed by atoms with Gasteiger partial charge in [0.2, 0.25) is 23.4 Å². The molecule has 0 spiro atoms. The lowest BCUT2D eigenvalue weighted by molar-refractivity contribution is -0.140. The third-order valence-electron chi connectivity index (χ3n) is 10.7. The number of hydrogen-bond donors (Lipinski definition) is 2. The van der Waals surface area contributed by atoms with E-state index in [-0.39, 0.29) is 52.7 Å². The van der Waals surface area contributed by atoms with Crippen molar-refractivity contribution in [1.82, 2.24) is 4.90 Å². The zero-order valence-corrected chi connectivity index (χ0v) is 29.1. The van der Waals surface area contributed by atoms with Crippen molar-refractivity contribution in [3.05, 3.63) is 88.3 Å². The van der Waals surface area contributed by atoms with E-state index in [1.165, 1.54) is 38.5 Å². The molecule has 1 saturated carbocycles. The second-order valence-corrected chi connectivity index (χ2v) is 14.5. The normalized spacial score (nSPS) is 27.8. The fourth-order valence-corrected chi connectivity index (χ4v) is 9.15. The summed E-state index contributed by atoms with van der Waals surface area (Å²) in [6.07, 6.45) is 1.06. The number of phenolic OH excluding ortho intramolecular Hbond substituents is 2. The number of benzene rings is 3. The van der Waals surface area contributed by atoms with Crippen molar-refractivity contribution in [3.8, 4) is 23.0 Å². The van der Waals surface area contributed by atoms with Gasteiger partial charge in [-0.25, -0.2) is 26.9 Å². The van der Waals surface area contributed by atoms with Gasteiger partial charge >= 0.3 is 0 Å². The van der Waals surface area contributed by atoms with Crippen molar-refractivity contribution in [3.63, 3.8) is 0 Å². The minimum Gasteiger partial charge on any atom is -0.508 e. The van der Waals surface area contributed by atoms with Gasteiger partial charge in [-0.1, -0.05) is 23.8 Å². The first-order valence-corrected chi connectivity index (χ1v) is 16.8. The second kappa shape index (κ2) is 12.6. The Bertz CT molecular complexity index is 2120. The molecule has 10 nitrogen and oxygen atoms in total. The monoisotopic (exact) mass is 780 g/mol. The quantitative estimate of drug-likeness (QED) is 0.0790. The molecule has 0 aromatic heterocycles. The molecular formula is C36H27Cl2F5N2O8. The summed E-state index contributed by atoms with van der Waals surface area (Å²) in [5, 5.41) is 20.3. The van der Waals surface area contributed by atoms with Gasteiger partial charge in [0, 0.05) is 12.5 Å². The van der Waals surface area contributed by atoms with E-state index < -0.39 is 104 Å². The lowest BCUT2D eigenvalue weighted by Gasteiger charge is -2.50. The zero-order valence-electron chi connectivity index (χ0n) is 27.6. The van der Waals surface area contributed by atoms with Gasteiger partial charge in [-0.2, -0.15) is 0 Å². The Morgan fingerprint density at radius 3 is 1.94 bits per heavy atom. The van der Waals surface area contributed by atoms with Crippen LogP contribution >= 0.6 is 23.2 Å². The highest BCUT2D eigenvalue weighted by atomic mass is 35.5. The van der Waals surface area contributed by atoms with Crippen LogP contribution in [0.15, 0.2) is 48.0 Å². The number of amides is 4. The molecule has 2 heterocycles. The number of ether oxygens (including phenoxy) is 2. The molecule has 2 saturated heterocycles. The van der Waals surface area contributed by atoms with Crippen LogP contribution in [0.2, 0.25) is 0 Å². The summed E-state index contributed by atoms with van der Waals surface area (Å²) in [7, 11) is 2.39. The topological polar surface area (TPSA) is 134 Å². The maximum atomic E-state index is 15.3. The fourth-order valence-electron chi connectivity index (χ4n) is 8.21. The average molecular weight is 782 g/mol. The standard InChI is InChI=1S/C36H27Cl2F5N2O8/c1-52-20-11-15(12-21(53-2)30(20)47)23-17-7-8-18-22(32(49)44(31(18)48)10-9-14-3-5-16(46)6-4-14)19(17)13-35(37)33(50)45(34(51)36(23,35)38)29-27(42)25(40)24(39)26(41)28(29)43/h3-7,11-12,18-19,22-23,46-47H,8-10,13H2,1-2H3/t18-,19+,22-,23-,35+,36-/m0/s1. The number of carbonyl (C=O) groups is 4. The average Bonchev–Trinajstić information content (AvgIpc) is 3.47. The smallest absolute Gasteiger partial charge is 0.258 e. The molecule has 6 atom stereocenters. The number of nitrogens with zero attached hydrogens (tertiary/aromatic N) is 2. The number of rotatable bonds is 7. The molecular weight excluding hydrogens is 754 g/mol. The molecule has 4 amide bonds. The number of allylic oxidation sites excluding steroid dienone is 2. The van der Waals surface area contributed by atoms with Crippen molar-refractivity contribution in [2.45, 2.75) is 34.9 Å². The van der Waals surface area contributed by atoms with E-state index in [4.69, 9.17) is 32.7 Å².